The van der Waals surface area contributed by atoms with Crippen LogP contribution in [0.4, 0.5) is 14.4 Å². The number of imide groups is 3. The van der Waals surface area contributed by atoms with Crippen LogP contribution in [0.25, 0.3) is 22.0 Å². The number of benzene rings is 1. The van der Waals surface area contributed by atoms with E-state index in [4.69, 9.17) is 14.2 Å². The third-order valence-electron chi connectivity index (χ3n) is 5.01. The lowest BCUT2D eigenvalue weighted by Gasteiger charge is -2.27. The highest BCUT2D eigenvalue weighted by Gasteiger charge is 2.39. The molecule has 2 heterocycles. The molecular formula is C29H34BrN3O7. The summed E-state index contributed by atoms with van der Waals surface area (Å²) in [6.07, 6.45) is 1.56. The van der Waals surface area contributed by atoms with Crippen molar-refractivity contribution in [3.8, 4) is 11.1 Å². The van der Waals surface area contributed by atoms with E-state index >= 15 is 0 Å². The van der Waals surface area contributed by atoms with Crippen LogP contribution in [0.2, 0.25) is 0 Å². The van der Waals surface area contributed by atoms with E-state index in [-0.39, 0.29) is 11.1 Å². The van der Waals surface area contributed by atoms with E-state index in [1.807, 2.05) is 0 Å². The second-order valence-corrected chi connectivity index (χ2v) is 13.0. The zero-order valence-corrected chi connectivity index (χ0v) is 25.7. The van der Waals surface area contributed by atoms with Crippen LogP contribution in [-0.4, -0.2) is 55.4 Å². The first-order valence-corrected chi connectivity index (χ1v) is 13.4. The van der Waals surface area contributed by atoms with Gasteiger partial charge in [0.1, 0.15) is 16.8 Å². The summed E-state index contributed by atoms with van der Waals surface area (Å²) in [6.45, 7) is 14.8. The summed E-state index contributed by atoms with van der Waals surface area (Å²) < 4.78 is 18.0. The van der Waals surface area contributed by atoms with Crippen molar-refractivity contribution in [2.75, 3.05) is 0 Å². The molecule has 0 aliphatic rings. The molecule has 0 atom stereocenters. The summed E-state index contributed by atoms with van der Waals surface area (Å²) in [5.74, 6) is -1.05. The zero-order valence-electron chi connectivity index (χ0n) is 24.1. The number of ether oxygens (including phenoxy) is 3. The standard InChI is InChI=1S/C29H34BrN3O7/c1-27(2,3)38-24(35)32-16-21(17-11-10-12-31-15-17)19-13-18(30)14-20(22(19)32)23(34)33(25(36)39-28(4,5)6)26(37)40-29(7,8)9/h10-16H,1-9H3. The van der Waals surface area contributed by atoms with Crippen molar-refractivity contribution in [1.82, 2.24) is 14.5 Å². The summed E-state index contributed by atoms with van der Waals surface area (Å²) in [6, 6.07) is 6.68. The van der Waals surface area contributed by atoms with Gasteiger partial charge in [0.25, 0.3) is 5.91 Å². The maximum atomic E-state index is 14.1. The lowest BCUT2D eigenvalue weighted by molar-refractivity contribution is 0.00399. The number of hydrogen-bond donors (Lipinski definition) is 0. The quantitative estimate of drug-likeness (QED) is 0.271. The Hall–Kier alpha value is -3.73. The first kappa shape index (κ1) is 30.8. The predicted octanol–water partition coefficient (Wildman–Crippen LogP) is 7.56. The molecule has 0 saturated heterocycles. The Morgan fingerprint density at radius 1 is 0.850 bits per heavy atom. The Labute approximate surface area is 241 Å². The lowest BCUT2D eigenvalue weighted by atomic mass is 10.0. The van der Waals surface area contributed by atoms with Crippen LogP contribution in [0.15, 0.2) is 47.3 Å². The van der Waals surface area contributed by atoms with Gasteiger partial charge in [-0.3, -0.25) is 14.3 Å². The minimum atomic E-state index is -1.22. The van der Waals surface area contributed by atoms with E-state index in [1.54, 1.807) is 92.9 Å². The van der Waals surface area contributed by atoms with Gasteiger partial charge in [-0.25, -0.2) is 14.4 Å². The van der Waals surface area contributed by atoms with Crippen LogP contribution < -0.4 is 0 Å². The lowest BCUT2D eigenvalue weighted by Crippen LogP contribution is -2.47. The summed E-state index contributed by atoms with van der Waals surface area (Å²) in [7, 11) is 0. The van der Waals surface area contributed by atoms with Crippen LogP contribution >= 0.6 is 15.9 Å². The van der Waals surface area contributed by atoms with Crippen molar-refractivity contribution in [2.24, 2.45) is 0 Å². The van der Waals surface area contributed by atoms with Crippen molar-refractivity contribution in [3.05, 3.63) is 52.9 Å². The zero-order chi connectivity index (χ0) is 30.2. The van der Waals surface area contributed by atoms with Gasteiger partial charge in [-0.15, -0.1) is 4.90 Å². The number of nitrogens with zero attached hydrogens (tertiary/aromatic N) is 3. The summed E-state index contributed by atoms with van der Waals surface area (Å²) in [4.78, 5) is 58.4. The number of halogens is 1. The Balaban J connectivity index is 2.32. The molecular weight excluding hydrogens is 582 g/mol. The van der Waals surface area contributed by atoms with Gasteiger partial charge in [-0.1, -0.05) is 22.0 Å². The van der Waals surface area contributed by atoms with Gasteiger partial charge in [-0.05, 0) is 80.5 Å². The number of carbonyl (C=O) groups excluding carboxylic acids is 4. The Morgan fingerprint density at radius 2 is 1.40 bits per heavy atom. The molecule has 2 aromatic heterocycles. The van der Waals surface area contributed by atoms with E-state index in [0.717, 1.165) is 0 Å². The van der Waals surface area contributed by atoms with Gasteiger partial charge in [0.15, 0.2) is 0 Å². The van der Waals surface area contributed by atoms with Gasteiger partial charge in [0, 0.05) is 39.6 Å². The molecule has 3 rings (SSSR count). The SMILES string of the molecule is CC(C)(C)OC(=O)N(C(=O)OC(C)(C)C)C(=O)c1cc(Br)cc2c(-c3cccnc3)cn(C(=O)OC(C)(C)C)c12. The van der Waals surface area contributed by atoms with Crippen LogP contribution in [0, 0.1) is 0 Å². The molecule has 10 nitrogen and oxygen atoms in total. The van der Waals surface area contributed by atoms with Gasteiger partial charge < -0.3 is 14.2 Å². The molecule has 0 bridgehead atoms. The average molecular weight is 617 g/mol. The van der Waals surface area contributed by atoms with Crippen molar-refractivity contribution < 1.29 is 33.4 Å². The highest BCUT2D eigenvalue weighted by molar-refractivity contribution is 9.10. The molecule has 0 radical (unpaired) electrons. The minimum Gasteiger partial charge on any atom is -0.443 e. The fourth-order valence-corrected chi connectivity index (χ4v) is 4.13. The van der Waals surface area contributed by atoms with Crippen LogP contribution in [0.1, 0.15) is 72.7 Å². The first-order chi connectivity index (χ1) is 18.3. The highest BCUT2D eigenvalue weighted by atomic mass is 79.9. The molecule has 3 aromatic rings. The second kappa shape index (κ2) is 11.0. The Morgan fingerprint density at radius 3 is 1.88 bits per heavy atom. The highest BCUT2D eigenvalue weighted by Crippen LogP contribution is 2.36. The number of carbonyl (C=O) groups is 4. The normalized spacial score (nSPS) is 12.2. The fraction of sp³-hybridized carbons (Fsp3) is 0.414. The van der Waals surface area contributed by atoms with Crippen molar-refractivity contribution in [2.45, 2.75) is 79.1 Å². The molecule has 0 aliphatic carbocycles. The molecule has 3 amide bonds. The molecule has 1 aromatic carbocycles. The topological polar surface area (TPSA) is 117 Å². The molecule has 0 aliphatic heterocycles. The van der Waals surface area contributed by atoms with E-state index in [2.05, 4.69) is 20.9 Å². The van der Waals surface area contributed by atoms with E-state index in [0.29, 0.717) is 25.9 Å². The summed E-state index contributed by atoms with van der Waals surface area (Å²) in [5, 5.41) is 0.477. The maximum Gasteiger partial charge on any atom is 0.427 e. The van der Waals surface area contributed by atoms with Gasteiger partial charge >= 0.3 is 18.3 Å². The number of pyridine rings is 1. The Bertz CT molecular complexity index is 1430. The van der Waals surface area contributed by atoms with E-state index in [1.165, 1.54) is 16.8 Å². The fourth-order valence-electron chi connectivity index (χ4n) is 3.67. The second-order valence-electron chi connectivity index (χ2n) is 12.1. The van der Waals surface area contributed by atoms with Gasteiger partial charge in [-0.2, -0.15) is 0 Å². The Kier molecular flexibility index (Phi) is 8.50. The average Bonchev–Trinajstić information content (AvgIpc) is 3.15. The number of rotatable bonds is 2. The van der Waals surface area contributed by atoms with Crippen LogP contribution in [-0.2, 0) is 14.2 Å². The third kappa shape index (κ3) is 7.47. The van der Waals surface area contributed by atoms with E-state index < -0.39 is 41.0 Å². The number of amides is 3. The van der Waals surface area contributed by atoms with Gasteiger partial charge in [0.05, 0.1) is 11.1 Å². The summed E-state index contributed by atoms with van der Waals surface area (Å²) in [5.41, 5.74) is -1.66. The van der Waals surface area contributed by atoms with Crippen LogP contribution in [0.3, 0.4) is 0 Å². The molecule has 40 heavy (non-hydrogen) atoms. The molecule has 0 N–H and O–H groups in total. The predicted molar refractivity (Wildman–Crippen MR) is 153 cm³/mol. The molecule has 0 spiro atoms. The smallest absolute Gasteiger partial charge is 0.427 e. The molecule has 0 unspecified atom stereocenters. The van der Waals surface area contributed by atoms with Crippen molar-refractivity contribution in [3.63, 3.8) is 0 Å². The number of hydrogen-bond acceptors (Lipinski definition) is 8. The molecule has 0 saturated carbocycles. The van der Waals surface area contributed by atoms with Crippen LogP contribution in [0.5, 0.6) is 0 Å². The largest absolute Gasteiger partial charge is 0.443 e. The number of aromatic nitrogens is 2. The minimum absolute atomic E-state index is 0.124. The summed E-state index contributed by atoms with van der Waals surface area (Å²) >= 11 is 3.43. The first-order valence-electron chi connectivity index (χ1n) is 12.6. The van der Waals surface area contributed by atoms with E-state index in [9.17, 15) is 19.2 Å². The number of fused-ring (bicyclic) bond motifs is 1. The third-order valence-corrected chi connectivity index (χ3v) is 5.47. The molecule has 0 fully saturated rings. The van der Waals surface area contributed by atoms with Crippen molar-refractivity contribution >= 4 is 51.0 Å². The maximum absolute atomic E-state index is 14.1. The molecule has 11 heteroatoms. The van der Waals surface area contributed by atoms with Crippen molar-refractivity contribution in [1.29, 1.82) is 0 Å². The molecule has 214 valence electrons. The van der Waals surface area contributed by atoms with Gasteiger partial charge in [0.2, 0.25) is 0 Å². The monoisotopic (exact) mass is 615 g/mol.